The van der Waals surface area contributed by atoms with Crippen LogP contribution in [0.15, 0.2) is 18.2 Å². The molecule has 0 atom stereocenters. The number of hydrogen-bond acceptors (Lipinski definition) is 2. The zero-order chi connectivity index (χ0) is 15.2. The van der Waals surface area contributed by atoms with Gasteiger partial charge in [-0.25, -0.2) is 0 Å². The third kappa shape index (κ3) is 6.62. The van der Waals surface area contributed by atoms with Crippen LogP contribution in [0.1, 0.15) is 53.0 Å². The van der Waals surface area contributed by atoms with E-state index < -0.39 is 0 Å². The average Bonchev–Trinajstić information content (AvgIpc) is 2.32. The van der Waals surface area contributed by atoms with Crippen LogP contribution in [-0.4, -0.2) is 12.1 Å². The second-order valence-corrected chi connectivity index (χ2v) is 7.12. The predicted molar refractivity (Wildman–Crippen MR) is 87.6 cm³/mol. The first kappa shape index (κ1) is 17.3. The summed E-state index contributed by atoms with van der Waals surface area (Å²) in [4.78, 5) is 0. The fourth-order valence-corrected chi connectivity index (χ4v) is 2.13. The van der Waals surface area contributed by atoms with E-state index in [1.165, 1.54) is 6.42 Å². The van der Waals surface area contributed by atoms with Crippen LogP contribution in [0, 0.1) is 5.92 Å². The molecule has 1 aromatic carbocycles. The lowest BCUT2D eigenvalue weighted by atomic mass is 10.1. The van der Waals surface area contributed by atoms with Gasteiger partial charge in [-0.2, -0.15) is 0 Å². The highest BCUT2D eigenvalue weighted by molar-refractivity contribution is 6.32. The first-order chi connectivity index (χ1) is 9.29. The molecular formula is C17H28ClNO. The van der Waals surface area contributed by atoms with Crippen LogP contribution >= 0.6 is 11.6 Å². The van der Waals surface area contributed by atoms with Crippen LogP contribution in [0.3, 0.4) is 0 Å². The normalized spacial score (nSPS) is 11.9. The highest BCUT2D eigenvalue weighted by atomic mass is 35.5. The van der Waals surface area contributed by atoms with Crippen LogP contribution in [0.4, 0.5) is 0 Å². The molecule has 0 unspecified atom stereocenters. The number of para-hydroxylation sites is 1. The van der Waals surface area contributed by atoms with E-state index in [1.54, 1.807) is 0 Å². The Morgan fingerprint density at radius 3 is 2.55 bits per heavy atom. The highest BCUT2D eigenvalue weighted by Gasteiger charge is 2.13. The van der Waals surface area contributed by atoms with Crippen molar-refractivity contribution in [2.75, 3.05) is 6.61 Å². The van der Waals surface area contributed by atoms with Crippen molar-refractivity contribution < 1.29 is 4.74 Å². The van der Waals surface area contributed by atoms with E-state index in [0.717, 1.165) is 30.9 Å². The summed E-state index contributed by atoms with van der Waals surface area (Å²) in [6, 6.07) is 5.94. The van der Waals surface area contributed by atoms with Gasteiger partial charge in [0.15, 0.2) is 0 Å². The van der Waals surface area contributed by atoms with E-state index in [-0.39, 0.29) is 5.54 Å². The molecule has 20 heavy (non-hydrogen) atoms. The van der Waals surface area contributed by atoms with Gasteiger partial charge in [-0.3, -0.25) is 0 Å². The molecular weight excluding hydrogens is 270 g/mol. The molecule has 0 aliphatic carbocycles. The van der Waals surface area contributed by atoms with Gasteiger partial charge in [0.05, 0.1) is 11.6 Å². The Labute approximate surface area is 128 Å². The minimum absolute atomic E-state index is 0.0806. The van der Waals surface area contributed by atoms with Crippen molar-refractivity contribution in [2.45, 2.75) is 59.5 Å². The Bertz CT molecular complexity index is 410. The van der Waals surface area contributed by atoms with Gasteiger partial charge in [0, 0.05) is 17.6 Å². The summed E-state index contributed by atoms with van der Waals surface area (Å²) in [6.45, 7) is 12.4. The molecule has 3 heteroatoms. The summed E-state index contributed by atoms with van der Waals surface area (Å²) in [5.41, 5.74) is 1.20. The number of ether oxygens (including phenoxy) is 1. The van der Waals surface area contributed by atoms with Crippen molar-refractivity contribution in [3.8, 4) is 5.75 Å². The molecule has 0 aliphatic rings. The maximum absolute atomic E-state index is 6.27. The Balaban J connectivity index is 2.63. The fraction of sp³-hybridized carbons (Fsp3) is 0.647. The van der Waals surface area contributed by atoms with Gasteiger partial charge in [0.2, 0.25) is 0 Å². The first-order valence-electron chi connectivity index (χ1n) is 7.45. The molecule has 0 saturated heterocycles. The molecule has 114 valence electrons. The minimum atomic E-state index is 0.0806. The van der Waals surface area contributed by atoms with Crippen LogP contribution in [0.5, 0.6) is 5.75 Å². The molecule has 0 bridgehead atoms. The lowest BCUT2D eigenvalue weighted by Gasteiger charge is -2.22. The van der Waals surface area contributed by atoms with Gasteiger partial charge in [0.25, 0.3) is 0 Å². The van der Waals surface area contributed by atoms with Crippen molar-refractivity contribution >= 4 is 11.6 Å². The highest BCUT2D eigenvalue weighted by Crippen LogP contribution is 2.29. The summed E-state index contributed by atoms with van der Waals surface area (Å²) < 4.78 is 5.91. The zero-order valence-electron chi connectivity index (χ0n) is 13.4. The molecule has 1 aromatic rings. The molecule has 0 radical (unpaired) electrons. The second kappa shape index (κ2) is 7.90. The predicted octanol–water partition coefficient (Wildman–Crippen LogP) is 5.04. The molecule has 1 N–H and O–H groups in total. The van der Waals surface area contributed by atoms with Crippen molar-refractivity contribution in [1.82, 2.24) is 5.32 Å². The lowest BCUT2D eigenvalue weighted by Crippen LogP contribution is -2.35. The van der Waals surface area contributed by atoms with Crippen molar-refractivity contribution in [1.29, 1.82) is 0 Å². The van der Waals surface area contributed by atoms with Crippen LogP contribution in [0.2, 0.25) is 5.02 Å². The van der Waals surface area contributed by atoms with E-state index in [0.29, 0.717) is 10.9 Å². The molecule has 0 spiro atoms. The molecule has 0 amide bonds. The van der Waals surface area contributed by atoms with Crippen LogP contribution in [0.25, 0.3) is 0 Å². The number of hydrogen-bond donors (Lipinski definition) is 1. The fourth-order valence-electron chi connectivity index (χ4n) is 1.88. The Morgan fingerprint density at radius 1 is 1.25 bits per heavy atom. The topological polar surface area (TPSA) is 21.3 Å². The maximum Gasteiger partial charge on any atom is 0.142 e. The van der Waals surface area contributed by atoms with Gasteiger partial charge in [-0.15, -0.1) is 0 Å². The summed E-state index contributed by atoms with van der Waals surface area (Å²) in [5, 5.41) is 4.17. The smallest absolute Gasteiger partial charge is 0.142 e. The number of halogens is 1. The SMILES string of the molecule is CC(C)CCCOc1c(Cl)cccc1CNC(C)(C)C. The zero-order valence-corrected chi connectivity index (χ0v) is 14.2. The van der Waals surface area contributed by atoms with E-state index in [4.69, 9.17) is 16.3 Å². The molecule has 0 aromatic heterocycles. The maximum atomic E-state index is 6.27. The van der Waals surface area contributed by atoms with Gasteiger partial charge in [0.1, 0.15) is 5.75 Å². The van der Waals surface area contributed by atoms with Gasteiger partial charge in [-0.1, -0.05) is 37.6 Å². The van der Waals surface area contributed by atoms with E-state index in [2.05, 4.69) is 46.0 Å². The van der Waals surface area contributed by atoms with Gasteiger partial charge in [-0.05, 0) is 45.6 Å². The number of nitrogens with one attached hydrogen (secondary N) is 1. The quantitative estimate of drug-likeness (QED) is 0.712. The molecule has 0 fully saturated rings. The first-order valence-corrected chi connectivity index (χ1v) is 7.82. The summed E-state index contributed by atoms with van der Waals surface area (Å²) in [5.74, 6) is 1.54. The van der Waals surface area contributed by atoms with Crippen LogP contribution < -0.4 is 10.1 Å². The molecule has 0 heterocycles. The summed E-state index contributed by atoms with van der Waals surface area (Å²) >= 11 is 6.27. The Morgan fingerprint density at radius 2 is 1.95 bits per heavy atom. The largest absolute Gasteiger partial charge is 0.492 e. The molecule has 0 aliphatic heterocycles. The van der Waals surface area contributed by atoms with Crippen molar-refractivity contribution in [3.63, 3.8) is 0 Å². The molecule has 1 rings (SSSR count). The summed E-state index contributed by atoms with van der Waals surface area (Å²) in [7, 11) is 0. The second-order valence-electron chi connectivity index (χ2n) is 6.72. The Kier molecular flexibility index (Phi) is 6.84. The van der Waals surface area contributed by atoms with E-state index in [1.807, 2.05) is 12.1 Å². The van der Waals surface area contributed by atoms with Gasteiger partial charge >= 0.3 is 0 Å². The van der Waals surface area contributed by atoms with Crippen LogP contribution in [-0.2, 0) is 6.54 Å². The third-order valence-corrected chi connectivity index (χ3v) is 3.33. The third-order valence-electron chi connectivity index (χ3n) is 3.03. The minimum Gasteiger partial charge on any atom is -0.492 e. The Hall–Kier alpha value is -0.730. The monoisotopic (exact) mass is 297 g/mol. The lowest BCUT2D eigenvalue weighted by molar-refractivity contribution is 0.293. The standard InChI is InChI=1S/C17H28ClNO/c1-13(2)8-7-11-20-16-14(9-6-10-15(16)18)12-19-17(3,4)5/h6,9-10,13,19H,7-8,11-12H2,1-5H3. The van der Waals surface area contributed by atoms with E-state index >= 15 is 0 Å². The number of rotatable bonds is 7. The van der Waals surface area contributed by atoms with E-state index in [9.17, 15) is 0 Å². The van der Waals surface area contributed by atoms with Gasteiger partial charge < -0.3 is 10.1 Å². The average molecular weight is 298 g/mol. The van der Waals surface area contributed by atoms with Crippen molar-refractivity contribution in [2.24, 2.45) is 5.92 Å². The summed E-state index contributed by atoms with van der Waals surface area (Å²) in [6.07, 6.45) is 2.25. The molecule has 2 nitrogen and oxygen atoms in total. The van der Waals surface area contributed by atoms with Crippen molar-refractivity contribution in [3.05, 3.63) is 28.8 Å². The number of benzene rings is 1. The molecule has 0 saturated carbocycles.